The molecule has 172 valence electrons. The molecular weight excluding hydrogens is 398 g/mol. The van der Waals surface area contributed by atoms with E-state index in [1.54, 1.807) is 0 Å². The highest BCUT2D eigenvalue weighted by molar-refractivity contribution is 5.96. The largest absolute Gasteiger partial charge is 0.508 e. The Labute approximate surface area is 184 Å². The van der Waals surface area contributed by atoms with Gasteiger partial charge in [-0.05, 0) is 37.0 Å². The van der Waals surface area contributed by atoms with Gasteiger partial charge in [-0.3, -0.25) is 4.90 Å². The minimum atomic E-state index is -0.743. The summed E-state index contributed by atoms with van der Waals surface area (Å²) in [4.78, 5) is 7.37. The Balaban J connectivity index is 2.07. The molecule has 5 N–H and O–H groups in total. The van der Waals surface area contributed by atoms with Crippen LogP contribution in [-0.4, -0.2) is 70.1 Å². The third-order valence-electron chi connectivity index (χ3n) is 5.02. The van der Waals surface area contributed by atoms with Gasteiger partial charge in [-0.1, -0.05) is 30.3 Å². The number of hydrogen-bond acceptors (Lipinski definition) is 8. The molecule has 1 aliphatic rings. The van der Waals surface area contributed by atoms with E-state index < -0.39 is 6.23 Å². The van der Waals surface area contributed by atoms with Crippen LogP contribution in [0, 0.1) is 0 Å². The molecule has 2 rings (SSSR count). The van der Waals surface area contributed by atoms with Crippen molar-refractivity contribution in [3.63, 3.8) is 0 Å². The zero-order chi connectivity index (χ0) is 22.5. The maximum atomic E-state index is 10.3. The first kappa shape index (κ1) is 24.9. The first-order chi connectivity index (χ1) is 15.0. The number of hydrogen-bond donors (Lipinski definition) is 5. The van der Waals surface area contributed by atoms with Crippen LogP contribution in [0.5, 0.6) is 11.5 Å². The number of oxime groups is 1. The quantitative estimate of drug-likeness (QED) is 0.148. The van der Waals surface area contributed by atoms with Crippen molar-refractivity contribution in [1.82, 2.24) is 10.2 Å². The molecule has 0 radical (unpaired) electrons. The van der Waals surface area contributed by atoms with E-state index in [1.165, 1.54) is 12.1 Å². The van der Waals surface area contributed by atoms with Crippen LogP contribution in [0.1, 0.15) is 37.3 Å². The summed E-state index contributed by atoms with van der Waals surface area (Å²) in [6.07, 6.45) is 10.3. The summed E-state index contributed by atoms with van der Waals surface area (Å²) in [6.45, 7) is 4.91. The van der Waals surface area contributed by atoms with Crippen molar-refractivity contribution in [1.29, 1.82) is 0 Å². The number of aliphatic hydroxyl groups excluding tert-OH is 2. The maximum Gasteiger partial charge on any atom is 0.156 e. The molecule has 0 aliphatic carbocycles. The highest BCUT2D eigenvalue weighted by Gasteiger charge is 2.18. The summed E-state index contributed by atoms with van der Waals surface area (Å²) in [6, 6.07) is 2.69. The lowest BCUT2D eigenvalue weighted by atomic mass is 10.0. The smallest absolute Gasteiger partial charge is 0.156 e. The van der Waals surface area contributed by atoms with E-state index in [-0.39, 0.29) is 31.1 Å². The first-order valence-corrected chi connectivity index (χ1v) is 10.8. The van der Waals surface area contributed by atoms with Gasteiger partial charge in [0.2, 0.25) is 0 Å². The van der Waals surface area contributed by atoms with Crippen molar-refractivity contribution in [2.24, 2.45) is 5.16 Å². The van der Waals surface area contributed by atoms with E-state index in [9.17, 15) is 20.4 Å². The number of unbranched alkanes of at least 4 members (excludes halogenated alkanes) is 1. The molecule has 1 heterocycles. The normalized spacial score (nSPS) is 16.9. The minimum Gasteiger partial charge on any atom is -0.508 e. The Bertz CT molecular complexity index is 758. The van der Waals surface area contributed by atoms with Crippen LogP contribution >= 0.6 is 0 Å². The van der Waals surface area contributed by atoms with Gasteiger partial charge in [0.1, 0.15) is 17.7 Å². The van der Waals surface area contributed by atoms with E-state index in [0.29, 0.717) is 16.8 Å². The second kappa shape index (κ2) is 13.8. The molecule has 0 amide bonds. The summed E-state index contributed by atoms with van der Waals surface area (Å²) in [5, 5.41) is 47.2. The van der Waals surface area contributed by atoms with Gasteiger partial charge >= 0.3 is 0 Å². The fourth-order valence-electron chi connectivity index (χ4n) is 3.32. The Kier molecular flexibility index (Phi) is 11.1. The van der Waals surface area contributed by atoms with Gasteiger partial charge in [0.25, 0.3) is 0 Å². The standard InChI is InChI=1S/C23H35N3O5/c1-2-3-4-5-6-7-8-19(13-18-14-20(28)15-22(29)21(18)16-27)25-31-17-23(30)26-11-9-24-10-12-26/h3-4,7-8,14-15,23-24,27-30H,2,5-6,9-13,16-17H2,1H3/b4-3+,8-7+,25-19+. The average molecular weight is 434 g/mol. The van der Waals surface area contributed by atoms with Gasteiger partial charge in [-0.25, -0.2) is 0 Å². The number of aliphatic hydroxyl groups is 2. The zero-order valence-electron chi connectivity index (χ0n) is 18.2. The first-order valence-electron chi connectivity index (χ1n) is 10.8. The molecule has 1 unspecified atom stereocenters. The molecule has 1 saturated heterocycles. The van der Waals surface area contributed by atoms with Gasteiger partial charge in [0.15, 0.2) is 6.61 Å². The summed E-state index contributed by atoms with van der Waals surface area (Å²) < 4.78 is 0. The second-order valence-corrected chi connectivity index (χ2v) is 7.44. The fraction of sp³-hybridized carbons (Fsp3) is 0.522. The summed E-state index contributed by atoms with van der Waals surface area (Å²) >= 11 is 0. The number of phenols is 2. The third kappa shape index (κ3) is 8.70. The van der Waals surface area contributed by atoms with E-state index in [4.69, 9.17) is 4.84 Å². The Morgan fingerprint density at radius 1 is 1.19 bits per heavy atom. The summed E-state index contributed by atoms with van der Waals surface area (Å²) in [7, 11) is 0. The van der Waals surface area contributed by atoms with Crippen molar-refractivity contribution in [3.05, 3.63) is 47.6 Å². The van der Waals surface area contributed by atoms with Crippen molar-refractivity contribution >= 4 is 5.71 Å². The third-order valence-corrected chi connectivity index (χ3v) is 5.02. The van der Waals surface area contributed by atoms with Crippen molar-refractivity contribution in [2.75, 3.05) is 32.8 Å². The molecule has 1 aromatic rings. The van der Waals surface area contributed by atoms with Gasteiger partial charge < -0.3 is 30.6 Å². The van der Waals surface area contributed by atoms with E-state index in [1.807, 2.05) is 17.1 Å². The van der Waals surface area contributed by atoms with Crippen LogP contribution in [0.15, 0.2) is 41.6 Å². The van der Waals surface area contributed by atoms with Gasteiger partial charge in [-0.2, -0.15) is 0 Å². The molecule has 0 spiro atoms. The number of benzene rings is 1. The molecule has 1 aliphatic heterocycles. The summed E-state index contributed by atoms with van der Waals surface area (Å²) in [5.74, 6) is -0.256. The summed E-state index contributed by atoms with van der Waals surface area (Å²) in [5.41, 5.74) is 1.46. The SMILES string of the molecule is CC/C=C/CC/C=C/C(Cc1cc(O)cc(O)c1CO)=N\OCC(O)N1CCNCC1. The maximum absolute atomic E-state index is 10.3. The van der Waals surface area contributed by atoms with Crippen LogP contribution in [0.25, 0.3) is 0 Å². The number of allylic oxidation sites excluding steroid dienone is 4. The number of piperazine rings is 1. The molecular formula is C23H35N3O5. The second-order valence-electron chi connectivity index (χ2n) is 7.44. The number of nitrogens with one attached hydrogen (secondary N) is 1. The molecule has 0 bridgehead atoms. The van der Waals surface area contributed by atoms with Gasteiger partial charge in [-0.15, -0.1) is 0 Å². The van der Waals surface area contributed by atoms with Crippen molar-refractivity contribution < 1.29 is 25.3 Å². The predicted molar refractivity (Wildman–Crippen MR) is 121 cm³/mol. The van der Waals surface area contributed by atoms with Gasteiger partial charge in [0.05, 0.1) is 12.3 Å². The molecule has 8 nitrogen and oxygen atoms in total. The molecule has 0 saturated carbocycles. The number of aromatic hydroxyl groups is 2. The van der Waals surface area contributed by atoms with Crippen LogP contribution in [-0.2, 0) is 17.9 Å². The Morgan fingerprint density at radius 3 is 2.65 bits per heavy atom. The van der Waals surface area contributed by atoms with Gasteiger partial charge in [0, 0.05) is 44.2 Å². The van der Waals surface area contributed by atoms with Crippen LogP contribution in [0.4, 0.5) is 0 Å². The van der Waals surface area contributed by atoms with E-state index in [2.05, 4.69) is 29.5 Å². The van der Waals surface area contributed by atoms with Crippen LogP contribution in [0.2, 0.25) is 0 Å². The van der Waals surface area contributed by atoms with E-state index >= 15 is 0 Å². The lowest BCUT2D eigenvalue weighted by molar-refractivity contribution is -0.0617. The lowest BCUT2D eigenvalue weighted by Crippen LogP contribution is -2.49. The molecule has 1 aromatic carbocycles. The van der Waals surface area contributed by atoms with Crippen molar-refractivity contribution in [2.45, 2.75) is 45.4 Å². The fourth-order valence-corrected chi connectivity index (χ4v) is 3.32. The molecule has 1 atom stereocenters. The van der Waals surface area contributed by atoms with E-state index in [0.717, 1.165) is 45.4 Å². The Hall–Kier alpha value is -2.39. The highest BCUT2D eigenvalue weighted by Crippen LogP contribution is 2.28. The molecule has 8 heteroatoms. The molecule has 31 heavy (non-hydrogen) atoms. The van der Waals surface area contributed by atoms with Crippen molar-refractivity contribution in [3.8, 4) is 11.5 Å². The van der Waals surface area contributed by atoms with Crippen LogP contribution < -0.4 is 5.32 Å². The zero-order valence-corrected chi connectivity index (χ0v) is 18.2. The Morgan fingerprint density at radius 2 is 1.94 bits per heavy atom. The predicted octanol–water partition coefficient (Wildman–Crippen LogP) is 2.03. The number of phenolic OH excluding ortho intramolecular Hbond substituents is 1. The average Bonchev–Trinajstić information content (AvgIpc) is 2.76. The number of nitrogens with zero attached hydrogens (tertiary/aromatic N) is 2. The number of rotatable bonds is 12. The highest BCUT2D eigenvalue weighted by atomic mass is 16.6. The lowest BCUT2D eigenvalue weighted by Gasteiger charge is -2.30. The topological polar surface area (TPSA) is 118 Å². The monoisotopic (exact) mass is 433 g/mol. The van der Waals surface area contributed by atoms with Crippen LogP contribution in [0.3, 0.4) is 0 Å². The minimum absolute atomic E-state index is 0.0364. The molecule has 1 fully saturated rings. The molecule has 0 aromatic heterocycles.